The summed E-state index contributed by atoms with van der Waals surface area (Å²) in [5.41, 5.74) is 1.20. The van der Waals surface area contributed by atoms with Gasteiger partial charge in [-0.25, -0.2) is 0 Å². The lowest BCUT2D eigenvalue weighted by molar-refractivity contribution is 0.0512. The standard InChI is InChI=1S/C17H29N3O/c1-3-18-16(17(21-2)13-8-9-13)12-14-10-11-20(19-14)15-6-4-5-7-15/h10-11,13,15-18H,3-9,12H2,1-2H3. The first-order valence-electron chi connectivity index (χ1n) is 8.62. The first-order chi connectivity index (χ1) is 10.3. The summed E-state index contributed by atoms with van der Waals surface area (Å²) in [6, 6.07) is 3.22. The van der Waals surface area contributed by atoms with Gasteiger partial charge in [0, 0.05) is 25.8 Å². The summed E-state index contributed by atoms with van der Waals surface area (Å²) in [6.45, 7) is 3.16. The number of rotatable bonds is 8. The van der Waals surface area contributed by atoms with Gasteiger partial charge in [0.05, 0.1) is 17.8 Å². The van der Waals surface area contributed by atoms with E-state index in [-0.39, 0.29) is 0 Å². The zero-order chi connectivity index (χ0) is 14.7. The van der Waals surface area contributed by atoms with Crippen LogP contribution in [-0.2, 0) is 11.2 Å². The van der Waals surface area contributed by atoms with Crippen molar-refractivity contribution in [1.29, 1.82) is 0 Å². The quantitative estimate of drug-likeness (QED) is 0.800. The van der Waals surface area contributed by atoms with Crippen molar-refractivity contribution in [2.75, 3.05) is 13.7 Å². The van der Waals surface area contributed by atoms with Gasteiger partial charge in [0.2, 0.25) is 0 Å². The Bertz CT molecular complexity index is 435. The lowest BCUT2D eigenvalue weighted by Crippen LogP contribution is -2.43. The van der Waals surface area contributed by atoms with E-state index < -0.39 is 0 Å². The van der Waals surface area contributed by atoms with E-state index in [2.05, 4.69) is 29.2 Å². The minimum Gasteiger partial charge on any atom is -0.380 e. The molecule has 1 heterocycles. The van der Waals surface area contributed by atoms with Gasteiger partial charge >= 0.3 is 0 Å². The van der Waals surface area contributed by atoms with E-state index in [1.54, 1.807) is 0 Å². The molecule has 0 amide bonds. The van der Waals surface area contributed by atoms with Crippen molar-refractivity contribution in [2.45, 2.75) is 70.1 Å². The third-order valence-electron chi connectivity index (χ3n) is 5.01. The minimum atomic E-state index is 0.335. The van der Waals surface area contributed by atoms with Crippen molar-refractivity contribution in [1.82, 2.24) is 15.1 Å². The molecule has 3 rings (SSSR count). The van der Waals surface area contributed by atoms with E-state index in [0.717, 1.165) is 18.9 Å². The Morgan fingerprint density at radius 2 is 2.10 bits per heavy atom. The van der Waals surface area contributed by atoms with Crippen LogP contribution < -0.4 is 5.32 Å². The second-order valence-electron chi connectivity index (χ2n) is 6.63. The Morgan fingerprint density at radius 1 is 1.33 bits per heavy atom. The summed E-state index contributed by atoms with van der Waals surface area (Å²) in [4.78, 5) is 0. The second kappa shape index (κ2) is 6.93. The van der Waals surface area contributed by atoms with Gasteiger partial charge in [0.25, 0.3) is 0 Å². The molecule has 21 heavy (non-hydrogen) atoms. The highest BCUT2D eigenvalue weighted by atomic mass is 16.5. The predicted molar refractivity (Wildman–Crippen MR) is 84.4 cm³/mol. The molecule has 2 aliphatic rings. The molecule has 2 aliphatic carbocycles. The van der Waals surface area contributed by atoms with E-state index in [4.69, 9.17) is 9.84 Å². The van der Waals surface area contributed by atoms with Crippen LogP contribution in [0.15, 0.2) is 12.3 Å². The lowest BCUT2D eigenvalue weighted by Gasteiger charge is -2.26. The third-order valence-corrected chi connectivity index (χ3v) is 5.01. The SMILES string of the molecule is CCNC(Cc1ccn(C2CCCC2)n1)C(OC)C1CC1. The Kier molecular flexibility index (Phi) is 4.96. The molecule has 2 fully saturated rings. The average Bonchev–Trinajstić information content (AvgIpc) is 3.00. The second-order valence-corrected chi connectivity index (χ2v) is 6.63. The minimum absolute atomic E-state index is 0.335. The first kappa shape index (κ1) is 15.0. The number of nitrogens with zero attached hydrogens (tertiary/aromatic N) is 2. The number of nitrogens with one attached hydrogen (secondary N) is 1. The van der Waals surface area contributed by atoms with Crippen molar-refractivity contribution in [3.8, 4) is 0 Å². The maximum absolute atomic E-state index is 5.77. The van der Waals surface area contributed by atoms with Gasteiger partial charge in [0.15, 0.2) is 0 Å². The fourth-order valence-electron chi connectivity index (χ4n) is 3.76. The molecule has 0 saturated heterocycles. The van der Waals surface area contributed by atoms with Crippen LogP contribution in [0.1, 0.15) is 57.2 Å². The molecule has 1 aromatic rings. The summed E-state index contributed by atoms with van der Waals surface area (Å²) < 4.78 is 7.97. The molecule has 4 heteroatoms. The van der Waals surface area contributed by atoms with Crippen LogP contribution in [0.4, 0.5) is 0 Å². The predicted octanol–water partition coefficient (Wildman–Crippen LogP) is 2.94. The van der Waals surface area contributed by atoms with Crippen LogP contribution in [0.25, 0.3) is 0 Å². The van der Waals surface area contributed by atoms with Crippen LogP contribution in [0, 0.1) is 5.92 Å². The highest BCUT2D eigenvalue weighted by molar-refractivity contribution is 5.05. The zero-order valence-corrected chi connectivity index (χ0v) is 13.4. The van der Waals surface area contributed by atoms with Gasteiger partial charge in [-0.3, -0.25) is 4.68 Å². The molecule has 4 nitrogen and oxygen atoms in total. The van der Waals surface area contributed by atoms with Gasteiger partial charge in [-0.2, -0.15) is 5.10 Å². The van der Waals surface area contributed by atoms with E-state index in [1.807, 2.05) is 7.11 Å². The first-order valence-corrected chi connectivity index (χ1v) is 8.62. The molecular weight excluding hydrogens is 262 g/mol. The Balaban J connectivity index is 1.64. The Labute approximate surface area is 128 Å². The fraction of sp³-hybridized carbons (Fsp3) is 0.824. The van der Waals surface area contributed by atoms with Crippen LogP contribution >= 0.6 is 0 Å². The summed E-state index contributed by atoms with van der Waals surface area (Å²) in [5, 5.41) is 8.44. The largest absolute Gasteiger partial charge is 0.380 e. The summed E-state index contributed by atoms with van der Waals surface area (Å²) in [6.07, 6.45) is 11.4. The third kappa shape index (κ3) is 3.67. The van der Waals surface area contributed by atoms with Crippen molar-refractivity contribution in [3.05, 3.63) is 18.0 Å². The average molecular weight is 291 g/mol. The van der Waals surface area contributed by atoms with Crippen LogP contribution in [0.2, 0.25) is 0 Å². The topological polar surface area (TPSA) is 39.1 Å². The van der Waals surface area contributed by atoms with E-state index in [0.29, 0.717) is 18.2 Å². The number of likely N-dealkylation sites (N-methyl/N-ethyl adjacent to an activating group) is 1. The van der Waals surface area contributed by atoms with Gasteiger partial charge in [-0.05, 0) is 44.2 Å². The molecule has 1 N–H and O–H groups in total. The van der Waals surface area contributed by atoms with Crippen LogP contribution in [0.3, 0.4) is 0 Å². The molecule has 2 atom stereocenters. The normalized spacial score (nSPS) is 22.6. The van der Waals surface area contributed by atoms with Gasteiger partial charge in [-0.1, -0.05) is 19.8 Å². The van der Waals surface area contributed by atoms with Gasteiger partial charge in [-0.15, -0.1) is 0 Å². The lowest BCUT2D eigenvalue weighted by atomic mass is 10.0. The molecule has 1 aromatic heterocycles. The van der Waals surface area contributed by atoms with Crippen LogP contribution in [-0.4, -0.2) is 35.6 Å². The highest BCUT2D eigenvalue weighted by Crippen LogP contribution is 2.36. The Hall–Kier alpha value is -0.870. The maximum Gasteiger partial charge on any atom is 0.0756 e. The smallest absolute Gasteiger partial charge is 0.0756 e. The van der Waals surface area contributed by atoms with E-state index in [9.17, 15) is 0 Å². The number of hydrogen-bond acceptors (Lipinski definition) is 3. The van der Waals surface area contributed by atoms with Crippen molar-refractivity contribution in [2.24, 2.45) is 5.92 Å². The summed E-state index contributed by atoms with van der Waals surface area (Å²) in [7, 11) is 1.85. The van der Waals surface area contributed by atoms with E-state index in [1.165, 1.54) is 44.2 Å². The van der Waals surface area contributed by atoms with Crippen molar-refractivity contribution < 1.29 is 4.74 Å². The zero-order valence-electron chi connectivity index (χ0n) is 13.4. The Morgan fingerprint density at radius 3 is 2.71 bits per heavy atom. The number of hydrogen-bond donors (Lipinski definition) is 1. The van der Waals surface area contributed by atoms with Crippen LogP contribution in [0.5, 0.6) is 0 Å². The van der Waals surface area contributed by atoms with Gasteiger partial charge in [0.1, 0.15) is 0 Å². The number of methoxy groups -OCH3 is 1. The molecular formula is C17H29N3O. The maximum atomic E-state index is 5.77. The molecule has 2 unspecified atom stereocenters. The van der Waals surface area contributed by atoms with Crippen molar-refractivity contribution >= 4 is 0 Å². The molecule has 0 radical (unpaired) electrons. The molecule has 0 bridgehead atoms. The monoisotopic (exact) mass is 291 g/mol. The molecule has 0 aliphatic heterocycles. The highest BCUT2D eigenvalue weighted by Gasteiger charge is 2.36. The summed E-state index contributed by atoms with van der Waals surface area (Å²) in [5.74, 6) is 0.746. The van der Waals surface area contributed by atoms with Crippen molar-refractivity contribution in [3.63, 3.8) is 0 Å². The number of ether oxygens (including phenoxy) is 1. The molecule has 0 spiro atoms. The molecule has 2 saturated carbocycles. The molecule has 118 valence electrons. The van der Waals surface area contributed by atoms with Gasteiger partial charge < -0.3 is 10.1 Å². The van der Waals surface area contributed by atoms with E-state index >= 15 is 0 Å². The molecule has 0 aromatic carbocycles. The number of aromatic nitrogens is 2. The fourth-order valence-corrected chi connectivity index (χ4v) is 3.76. The summed E-state index contributed by atoms with van der Waals surface area (Å²) >= 11 is 0.